The zero-order valence-electron chi connectivity index (χ0n) is 17.9. The molecule has 0 spiro atoms. The number of nitrogen functional groups attached to an aromatic ring is 1. The Kier molecular flexibility index (Phi) is 7.05. The Bertz CT molecular complexity index is 1300. The molecule has 8 nitrogen and oxygen atoms in total. The van der Waals surface area contributed by atoms with Crippen LogP contribution in [0.15, 0.2) is 46.9 Å². The van der Waals surface area contributed by atoms with Crippen LogP contribution in [-0.2, 0) is 24.3 Å². The number of nitrogens with two attached hydrogens (primary N) is 1. The highest BCUT2D eigenvalue weighted by Gasteiger charge is 2.12. The van der Waals surface area contributed by atoms with Crippen molar-refractivity contribution in [1.82, 2.24) is 25.8 Å². The van der Waals surface area contributed by atoms with Crippen molar-refractivity contribution in [3.8, 4) is 0 Å². The topological polar surface area (TPSA) is 126 Å². The van der Waals surface area contributed by atoms with Gasteiger partial charge in [-0.25, -0.2) is 0 Å². The molecule has 0 bridgehead atoms. The van der Waals surface area contributed by atoms with Crippen molar-refractivity contribution in [2.75, 3.05) is 5.73 Å². The molecule has 4 aromatic rings. The number of amides is 2. The summed E-state index contributed by atoms with van der Waals surface area (Å²) in [5.41, 5.74) is 10.1. The van der Waals surface area contributed by atoms with Gasteiger partial charge in [0.1, 0.15) is 10.7 Å². The van der Waals surface area contributed by atoms with Gasteiger partial charge in [0.05, 0.1) is 0 Å². The smallest absolute Gasteiger partial charge is 0.267 e. The van der Waals surface area contributed by atoms with Crippen LogP contribution in [0, 0.1) is 6.92 Å². The van der Waals surface area contributed by atoms with E-state index in [1.54, 1.807) is 0 Å². The van der Waals surface area contributed by atoms with Crippen LogP contribution in [0.5, 0.6) is 0 Å². The van der Waals surface area contributed by atoms with E-state index >= 15 is 0 Å². The highest BCUT2D eigenvalue weighted by Crippen LogP contribution is 2.26. The number of benzene rings is 2. The Morgan fingerprint density at radius 1 is 1.06 bits per heavy atom. The van der Waals surface area contributed by atoms with Gasteiger partial charge in [0.15, 0.2) is 0 Å². The van der Waals surface area contributed by atoms with Crippen molar-refractivity contribution < 1.29 is 9.59 Å². The molecular weight excluding hydrogens is 504 g/mol. The lowest BCUT2D eigenvalue weighted by atomic mass is 10.1. The lowest BCUT2D eigenvalue weighted by Crippen LogP contribution is -2.23. The van der Waals surface area contributed by atoms with Crippen LogP contribution in [0.2, 0.25) is 0 Å². The van der Waals surface area contributed by atoms with Crippen LogP contribution in [-0.4, -0.2) is 27.0 Å². The summed E-state index contributed by atoms with van der Waals surface area (Å²) in [7, 11) is 0. The summed E-state index contributed by atoms with van der Waals surface area (Å²) < 4.78 is 0.959. The van der Waals surface area contributed by atoms with E-state index < -0.39 is 0 Å². The number of aromatic amines is 1. The number of hydrogen-bond donors (Lipinski definition) is 4. The summed E-state index contributed by atoms with van der Waals surface area (Å²) in [4.78, 5) is 27.8. The number of aromatic nitrogens is 3. The average molecular weight is 527 g/mol. The summed E-state index contributed by atoms with van der Waals surface area (Å²) in [5, 5.41) is 15.6. The molecule has 2 amide bonds. The first-order chi connectivity index (χ1) is 15.9. The van der Waals surface area contributed by atoms with Crippen molar-refractivity contribution in [3.05, 3.63) is 74.3 Å². The number of carbonyl (C=O) groups is 2. The van der Waals surface area contributed by atoms with Gasteiger partial charge < -0.3 is 21.4 Å². The van der Waals surface area contributed by atoms with Crippen LogP contribution < -0.4 is 16.4 Å². The molecule has 0 aliphatic rings. The molecule has 170 valence electrons. The molecule has 0 atom stereocenters. The van der Waals surface area contributed by atoms with Crippen molar-refractivity contribution in [2.45, 2.75) is 32.9 Å². The summed E-state index contributed by atoms with van der Waals surface area (Å²) in [6, 6.07) is 13.6. The molecule has 0 unspecified atom stereocenters. The zero-order chi connectivity index (χ0) is 23.4. The van der Waals surface area contributed by atoms with Gasteiger partial charge in [-0.05, 0) is 41.8 Å². The Morgan fingerprint density at radius 3 is 2.42 bits per heavy atom. The van der Waals surface area contributed by atoms with Gasteiger partial charge in [0.25, 0.3) is 5.91 Å². The average Bonchev–Trinajstić information content (AvgIpc) is 3.41. The predicted octanol–water partition coefficient (Wildman–Crippen LogP) is 3.85. The fourth-order valence-electron chi connectivity index (χ4n) is 3.38. The number of nitrogens with zero attached hydrogens (tertiary/aromatic N) is 2. The largest absolute Gasteiger partial charge is 0.374 e. The number of anilines is 1. The van der Waals surface area contributed by atoms with Crippen LogP contribution in [0.3, 0.4) is 0 Å². The quantitative estimate of drug-likeness (QED) is 0.277. The summed E-state index contributed by atoms with van der Waals surface area (Å²) in [5.74, 6) is -0.218. The van der Waals surface area contributed by atoms with Gasteiger partial charge >= 0.3 is 0 Å². The van der Waals surface area contributed by atoms with Gasteiger partial charge in [-0.3, -0.25) is 9.59 Å². The van der Waals surface area contributed by atoms with Crippen molar-refractivity contribution in [3.63, 3.8) is 0 Å². The summed E-state index contributed by atoms with van der Waals surface area (Å²) >= 11 is 4.84. The Morgan fingerprint density at radius 2 is 1.76 bits per heavy atom. The van der Waals surface area contributed by atoms with E-state index in [9.17, 15) is 9.59 Å². The van der Waals surface area contributed by atoms with Gasteiger partial charge in [-0.1, -0.05) is 51.5 Å². The maximum Gasteiger partial charge on any atom is 0.267 e. The molecule has 2 heterocycles. The second-order valence-electron chi connectivity index (χ2n) is 7.70. The third kappa shape index (κ3) is 5.96. The number of rotatable bonds is 8. The number of H-pyrrole nitrogens is 1. The minimum atomic E-state index is -0.163. The zero-order valence-corrected chi connectivity index (χ0v) is 20.3. The maximum atomic E-state index is 12.6. The van der Waals surface area contributed by atoms with Crippen LogP contribution in [0.1, 0.15) is 38.6 Å². The van der Waals surface area contributed by atoms with E-state index in [-0.39, 0.29) is 11.8 Å². The lowest BCUT2D eigenvalue weighted by Gasteiger charge is -2.07. The molecule has 5 N–H and O–H groups in total. The monoisotopic (exact) mass is 526 g/mol. The molecule has 0 aliphatic heterocycles. The van der Waals surface area contributed by atoms with E-state index in [4.69, 9.17) is 5.73 Å². The number of carbonyl (C=O) groups excluding carboxylic acids is 2. The highest BCUT2D eigenvalue weighted by atomic mass is 79.9. The minimum absolute atomic E-state index is 0.0553. The first kappa shape index (κ1) is 22.9. The van der Waals surface area contributed by atoms with Gasteiger partial charge in [0.2, 0.25) is 11.0 Å². The molecule has 0 saturated carbocycles. The molecule has 0 aliphatic carbocycles. The first-order valence-electron chi connectivity index (χ1n) is 10.4. The fraction of sp³-hybridized carbons (Fsp3) is 0.217. The van der Waals surface area contributed by atoms with Gasteiger partial charge in [-0.15, -0.1) is 10.2 Å². The van der Waals surface area contributed by atoms with E-state index in [2.05, 4.69) is 41.7 Å². The molecule has 33 heavy (non-hydrogen) atoms. The second kappa shape index (κ2) is 10.1. The number of aryl methyl sites for hydroxylation is 2. The second-order valence-corrected chi connectivity index (χ2v) is 9.65. The van der Waals surface area contributed by atoms with E-state index in [0.29, 0.717) is 36.8 Å². The Labute approximate surface area is 203 Å². The first-order valence-corrected chi connectivity index (χ1v) is 12.0. The molecule has 10 heteroatoms. The standard InChI is InChI=1S/C23H23BrN6O2S/c1-13-8-17(24)16-10-19(28-18(16)9-13)22(32)27-12-15-4-2-14(3-5-15)11-26-20(31)6-7-21-29-30-23(25)33-21/h2-5,8-10,28H,6-7,11-12H2,1H3,(H2,25,30)(H,26,31)(H,27,32). The Hall–Kier alpha value is -3.24. The van der Waals surface area contributed by atoms with Gasteiger partial charge in [-0.2, -0.15) is 0 Å². The summed E-state index contributed by atoms with van der Waals surface area (Å²) in [6.45, 7) is 2.86. The van der Waals surface area contributed by atoms with E-state index in [1.807, 2.05) is 49.4 Å². The SMILES string of the molecule is Cc1cc(Br)c2cc(C(=O)NCc3ccc(CNC(=O)CCc4nnc(N)s4)cc3)[nH]c2c1. The Balaban J connectivity index is 1.25. The molecule has 0 fully saturated rings. The number of halogens is 1. The predicted molar refractivity (Wildman–Crippen MR) is 133 cm³/mol. The van der Waals surface area contributed by atoms with Crippen LogP contribution in [0.4, 0.5) is 5.13 Å². The minimum Gasteiger partial charge on any atom is -0.374 e. The molecule has 4 rings (SSSR count). The van der Waals surface area contributed by atoms with Crippen LogP contribution in [0.25, 0.3) is 10.9 Å². The maximum absolute atomic E-state index is 12.6. The van der Waals surface area contributed by atoms with Crippen molar-refractivity contribution in [2.24, 2.45) is 0 Å². The molecule has 2 aromatic carbocycles. The van der Waals surface area contributed by atoms with Crippen LogP contribution >= 0.6 is 27.3 Å². The highest BCUT2D eigenvalue weighted by molar-refractivity contribution is 9.10. The van der Waals surface area contributed by atoms with E-state index in [0.717, 1.165) is 37.1 Å². The number of fused-ring (bicyclic) bond motifs is 1. The number of nitrogens with one attached hydrogen (secondary N) is 3. The molecule has 2 aromatic heterocycles. The molecule has 0 saturated heterocycles. The normalized spacial score (nSPS) is 11.0. The third-order valence-corrected chi connectivity index (χ3v) is 6.56. The van der Waals surface area contributed by atoms with Crippen molar-refractivity contribution >= 4 is 55.1 Å². The van der Waals surface area contributed by atoms with Gasteiger partial charge in [0, 0.05) is 41.3 Å². The molecular formula is C23H23BrN6O2S. The lowest BCUT2D eigenvalue weighted by molar-refractivity contribution is -0.121. The summed E-state index contributed by atoms with van der Waals surface area (Å²) in [6.07, 6.45) is 0.856. The molecule has 0 radical (unpaired) electrons. The van der Waals surface area contributed by atoms with Crippen molar-refractivity contribution in [1.29, 1.82) is 0 Å². The third-order valence-electron chi connectivity index (χ3n) is 5.09. The number of hydrogen-bond acceptors (Lipinski definition) is 6. The van der Waals surface area contributed by atoms with E-state index in [1.165, 1.54) is 11.3 Å². The fourth-order valence-corrected chi connectivity index (χ4v) is 4.68.